The average Bonchev–Trinajstić information content (AvgIpc) is 2.65. The molecule has 0 fully saturated rings. The Bertz CT molecular complexity index is 580. The molecule has 2 rings (SSSR count). The van der Waals surface area contributed by atoms with E-state index in [1.807, 2.05) is 32.0 Å². The second-order valence-electron chi connectivity index (χ2n) is 4.24. The van der Waals surface area contributed by atoms with Crippen LogP contribution in [0.4, 0.5) is 0 Å². The molecular formula is C13H15BrN4O. The average molecular weight is 323 g/mol. The molecule has 0 saturated heterocycles. The highest BCUT2D eigenvalue weighted by Gasteiger charge is 2.11. The van der Waals surface area contributed by atoms with E-state index in [0.717, 1.165) is 21.6 Å². The number of aryl methyl sites for hydroxylation is 1. The number of hydrogen-bond donors (Lipinski definition) is 1. The van der Waals surface area contributed by atoms with Crippen molar-refractivity contribution in [1.29, 1.82) is 0 Å². The van der Waals surface area contributed by atoms with Crippen LogP contribution in [0.1, 0.15) is 17.1 Å². The third-order valence-corrected chi connectivity index (χ3v) is 3.93. The van der Waals surface area contributed by atoms with Gasteiger partial charge in [0.2, 0.25) is 5.91 Å². The normalized spacial score (nSPS) is 10.5. The van der Waals surface area contributed by atoms with Crippen LogP contribution >= 0.6 is 15.9 Å². The van der Waals surface area contributed by atoms with E-state index in [-0.39, 0.29) is 12.5 Å². The third kappa shape index (κ3) is 3.41. The van der Waals surface area contributed by atoms with Crippen molar-refractivity contribution in [3.63, 3.8) is 0 Å². The molecule has 0 radical (unpaired) electrons. The van der Waals surface area contributed by atoms with E-state index < -0.39 is 0 Å². The summed E-state index contributed by atoms with van der Waals surface area (Å²) in [5.41, 5.74) is 2.67. The number of hydrogen-bond acceptors (Lipinski definition) is 3. The van der Waals surface area contributed by atoms with Crippen LogP contribution < -0.4 is 5.32 Å². The molecule has 2 heterocycles. The molecule has 0 bridgehead atoms. The Hall–Kier alpha value is -1.69. The van der Waals surface area contributed by atoms with Gasteiger partial charge >= 0.3 is 0 Å². The SMILES string of the molecule is Cc1nn(CC(=O)NCc2ccccn2)c(C)c1Br. The highest BCUT2D eigenvalue weighted by atomic mass is 79.9. The van der Waals surface area contributed by atoms with E-state index >= 15 is 0 Å². The summed E-state index contributed by atoms with van der Waals surface area (Å²) in [6.07, 6.45) is 1.71. The quantitative estimate of drug-likeness (QED) is 0.936. The smallest absolute Gasteiger partial charge is 0.242 e. The molecule has 100 valence electrons. The number of pyridine rings is 1. The van der Waals surface area contributed by atoms with Crippen molar-refractivity contribution in [2.45, 2.75) is 26.9 Å². The molecule has 1 amide bonds. The lowest BCUT2D eigenvalue weighted by Crippen LogP contribution is -2.28. The zero-order valence-corrected chi connectivity index (χ0v) is 12.4. The maximum atomic E-state index is 11.8. The van der Waals surface area contributed by atoms with Crippen LogP contribution in [-0.4, -0.2) is 20.7 Å². The number of nitrogens with one attached hydrogen (secondary N) is 1. The van der Waals surface area contributed by atoms with Gasteiger partial charge in [0, 0.05) is 6.20 Å². The van der Waals surface area contributed by atoms with Gasteiger partial charge in [0.05, 0.1) is 28.1 Å². The molecule has 0 saturated carbocycles. The summed E-state index contributed by atoms with van der Waals surface area (Å²) in [7, 11) is 0. The van der Waals surface area contributed by atoms with E-state index in [1.165, 1.54) is 0 Å². The van der Waals surface area contributed by atoms with Crippen molar-refractivity contribution in [2.24, 2.45) is 0 Å². The number of rotatable bonds is 4. The Balaban J connectivity index is 1.93. The Kier molecular flexibility index (Phi) is 4.31. The van der Waals surface area contributed by atoms with E-state index in [0.29, 0.717) is 6.54 Å². The van der Waals surface area contributed by atoms with Crippen molar-refractivity contribution >= 4 is 21.8 Å². The van der Waals surface area contributed by atoms with Crippen molar-refractivity contribution in [3.8, 4) is 0 Å². The summed E-state index contributed by atoms with van der Waals surface area (Å²) in [5, 5.41) is 7.12. The van der Waals surface area contributed by atoms with Gasteiger partial charge < -0.3 is 5.32 Å². The Morgan fingerprint density at radius 3 is 2.79 bits per heavy atom. The summed E-state index contributed by atoms with van der Waals surface area (Å²) in [4.78, 5) is 16.0. The van der Waals surface area contributed by atoms with E-state index in [2.05, 4.69) is 31.3 Å². The van der Waals surface area contributed by atoms with Crippen LogP contribution in [0.2, 0.25) is 0 Å². The molecule has 19 heavy (non-hydrogen) atoms. The molecule has 6 heteroatoms. The van der Waals surface area contributed by atoms with Crippen molar-refractivity contribution < 1.29 is 4.79 Å². The first-order chi connectivity index (χ1) is 9.08. The van der Waals surface area contributed by atoms with Gasteiger partial charge in [-0.15, -0.1) is 0 Å². The predicted molar refractivity (Wildman–Crippen MR) is 75.5 cm³/mol. The minimum atomic E-state index is -0.0799. The van der Waals surface area contributed by atoms with Gasteiger partial charge in [-0.2, -0.15) is 5.10 Å². The molecule has 0 spiro atoms. The summed E-state index contributed by atoms with van der Waals surface area (Å²) in [5.74, 6) is -0.0799. The van der Waals surface area contributed by atoms with Gasteiger partial charge in [-0.25, -0.2) is 0 Å². The van der Waals surface area contributed by atoms with Crippen molar-refractivity contribution in [2.75, 3.05) is 0 Å². The number of halogens is 1. The Morgan fingerprint density at radius 1 is 1.42 bits per heavy atom. The molecule has 0 aromatic carbocycles. The number of carbonyl (C=O) groups is 1. The zero-order chi connectivity index (χ0) is 13.8. The van der Waals surface area contributed by atoms with Crippen LogP contribution in [0.3, 0.4) is 0 Å². The fraction of sp³-hybridized carbons (Fsp3) is 0.308. The van der Waals surface area contributed by atoms with E-state index in [1.54, 1.807) is 10.9 Å². The molecule has 2 aromatic rings. The number of nitrogens with zero attached hydrogens (tertiary/aromatic N) is 3. The highest BCUT2D eigenvalue weighted by Crippen LogP contribution is 2.19. The van der Waals surface area contributed by atoms with Gasteiger partial charge in [-0.1, -0.05) is 6.07 Å². The lowest BCUT2D eigenvalue weighted by atomic mass is 10.3. The molecule has 2 aromatic heterocycles. The van der Waals surface area contributed by atoms with Gasteiger partial charge in [-0.05, 0) is 41.9 Å². The minimum absolute atomic E-state index is 0.0799. The Morgan fingerprint density at radius 2 is 2.21 bits per heavy atom. The van der Waals surface area contributed by atoms with Crippen LogP contribution in [0, 0.1) is 13.8 Å². The second-order valence-corrected chi connectivity index (χ2v) is 5.03. The largest absolute Gasteiger partial charge is 0.349 e. The fourth-order valence-corrected chi connectivity index (χ4v) is 2.00. The monoisotopic (exact) mass is 322 g/mol. The second kappa shape index (κ2) is 5.97. The van der Waals surface area contributed by atoms with Crippen LogP contribution in [0.25, 0.3) is 0 Å². The molecule has 1 N–H and O–H groups in total. The minimum Gasteiger partial charge on any atom is -0.349 e. The van der Waals surface area contributed by atoms with Gasteiger partial charge in [0.25, 0.3) is 0 Å². The van der Waals surface area contributed by atoms with Crippen molar-refractivity contribution in [3.05, 3.63) is 46.0 Å². The van der Waals surface area contributed by atoms with Crippen LogP contribution in [0.5, 0.6) is 0 Å². The van der Waals surface area contributed by atoms with E-state index in [4.69, 9.17) is 0 Å². The van der Waals surface area contributed by atoms with Crippen LogP contribution in [-0.2, 0) is 17.9 Å². The van der Waals surface area contributed by atoms with E-state index in [9.17, 15) is 4.79 Å². The lowest BCUT2D eigenvalue weighted by Gasteiger charge is -2.06. The van der Waals surface area contributed by atoms with Gasteiger partial charge in [-0.3, -0.25) is 14.5 Å². The maximum Gasteiger partial charge on any atom is 0.242 e. The first kappa shape index (κ1) is 13.7. The van der Waals surface area contributed by atoms with Gasteiger partial charge in [0.15, 0.2) is 0 Å². The molecule has 0 unspecified atom stereocenters. The number of amides is 1. The molecule has 0 aliphatic rings. The molecule has 0 aliphatic carbocycles. The third-order valence-electron chi connectivity index (χ3n) is 2.78. The van der Waals surface area contributed by atoms with Crippen LogP contribution in [0.15, 0.2) is 28.9 Å². The summed E-state index contributed by atoms with van der Waals surface area (Å²) in [6, 6.07) is 5.62. The first-order valence-corrected chi connectivity index (χ1v) is 6.73. The summed E-state index contributed by atoms with van der Waals surface area (Å²) in [6.45, 7) is 4.47. The zero-order valence-electron chi connectivity index (χ0n) is 10.9. The molecule has 0 atom stereocenters. The standard InChI is InChI=1S/C13H15BrN4O/c1-9-13(14)10(2)18(17-9)8-12(19)16-7-11-5-3-4-6-15-11/h3-6H,7-8H2,1-2H3,(H,16,19). The molecule has 0 aliphatic heterocycles. The molecular weight excluding hydrogens is 308 g/mol. The first-order valence-electron chi connectivity index (χ1n) is 5.94. The molecule has 5 nitrogen and oxygen atoms in total. The maximum absolute atomic E-state index is 11.8. The lowest BCUT2D eigenvalue weighted by molar-refractivity contribution is -0.122. The predicted octanol–water partition coefficient (Wildman–Crippen LogP) is 1.97. The Labute approximate surface area is 120 Å². The number of carbonyl (C=O) groups excluding carboxylic acids is 1. The summed E-state index contributed by atoms with van der Waals surface area (Å²) >= 11 is 3.44. The van der Waals surface area contributed by atoms with Crippen molar-refractivity contribution in [1.82, 2.24) is 20.1 Å². The number of aromatic nitrogens is 3. The summed E-state index contributed by atoms with van der Waals surface area (Å²) < 4.78 is 2.64. The fourth-order valence-electron chi connectivity index (χ4n) is 1.71. The topological polar surface area (TPSA) is 59.8 Å². The highest BCUT2D eigenvalue weighted by molar-refractivity contribution is 9.10. The van der Waals surface area contributed by atoms with Gasteiger partial charge in [0.1, 0.15) is 6.54 Å².